The average molecular weight is 429 g/mol. The molecular weight excluding hydrogens is 413 g/mol. The molecular formula is C19H16ClF3N2O2S. The topological polar surface area (TPSA) is 40.6 Å². The van der Waals surface area contributed by atoms with E-state index in [-0.39, 0.29) is 41.2 Å². The zero-order valence-electron chi connectivity index (χ0n) is 14.6. The summed E-state index contributed by atoms with van der Waals surface area (Å²) in [5, 5.41) is 0.530. The zero-order chi connectivity index (χ0) is 20.3. The van der Waals surface area contributed by atoms with Crippen molar-refractivity contribution in [1.29, 1.82) is 0 Å². The van der Waals surface area contributed by atoms with E-state index in [0.717, 1.165) is 0 Å². The minimum absolute atomic E-state index is 0.0160. The molecule has 1 aliphatic rings. The molecule has 0 spiro atoms. The van der Waals surface area contributed by atoms with E-state index < -0.39 is 11.4 Å². The summed E-state index contributed by atoms with van der Waals surface area (Å²) >= 11 is 5.53. The maximum atomic E-state index is 12.7. The van der Waals surface area contributed by atoms with E-state index in [9.17, 15) is 22.8 Å². The van der Waals surface area contributed by atoms with Gasteiger partial charge in [0.05, 0.1) is 5.56 Å². The molecule has 0 radical (unpaired) electrons. The van der Waals surface area contributed by atoms with Crippen LogP contribution in [0, 0.1) is 0 Å². The molecule has 148 valence electrons. The van der Waals surface area contributed by atoms with E-state index in [1.807, 2.05) is 0 Å². The van der Waals surface area contributed by atoms with Crippen molar-refractivity contribution in [2.45, 2.75) is 10.4 Å². The van der Waals surface area contributed by atoms with Gasteiger partial charge in [0.25, 0.3) is 11.8 Å². The maximum Gasteiger partial charge on any atom is 0.446 e. The van der Waals surface area contributed by atoms with E-state index >= 15 is 0 Å². The summed E-state index contributed by atoms with van der Waals surface area (Å²) < 4.78 is 38.2. The van der Waals surface area contributed by atoms with E-state index in [1.165, 1.54) is 29.2 Å². The third kappa shape index (κ3) is 4.99. The fraction of sp³-hybridized carbons (Fsp3) is 0.263. The number of hydrogen-bond donors (Lipinski definition) is 0. The SMILES string of the molecule is O=C(c1ccc(Cl)cc1)N1CCN(C(=O)c2ccccc2SC(F)(F)F)CC1. The first kappa shape index (κ1) is 20.5. The summed E-state index contributed by atoms with van der Waals surface area (Å²) in [4.78, 5) is 28.2. The highest BCUT2D eigenvalue weighted by atomic mass is 35.5. The van der Waals surface area contributed by atoms with Crippen molar-refractivity contribution in [3.05, 3.63) is 64.7 Å². The summed E-state index contributed by atoms with van der Waals surface area (Å²) in [5.41, 5.74) is -3.96. The molecule has 1 aliphatic heterocycles. The van der Waals surface area contributed by atoms with Crippen LogP contribution in [0.3, 0.4) is 0 Å². The van der Waals surface area contributed by atoms with Crippen LogP contribution in [0.2, 0.25) is 5.02 Å². The van der Waals surface area contributed by atoms with Crippen molar-refractivity contribution >= 4 is 35.2 Å². The summed E-state index contributed by atoms with van der Waals surface area (Å²) in [5.74, 6) is -0.636. The van der Waals surface area contributed by atoms with Gasteiger partial charge in [-0.05, 0) is 48.2 Å². The summed E-state index contributed by atoms with van der Waals surface area (Å²) in [7, 11) is 0. The molecule has 0 aromatic heterocycles. The van der Waals surface area contributed by atoms with Gasteiger partial charge in [0.15, 0.2) is 0 Å². The molecule has 1 saturated heterocycles. The lowest BCUT2D eigenvalue weighted by atomic mass is 10.1. The van der Waals surface area contributed by atoms with Crippen LogP contribution in [-0.2, 0) is 0 Å². The number of benzene rings is 2. The lowest BCUT2D eigenvalue weighted by Gasteiger charge is -2.35. The monoisotopic (exact) mass is 428 g/mol. The molecule has 2 aromatic carbocycles. The van der Waals surface area contributed by atoms with Crippen molar-refractivity contribution < 1.29 is 22.8 Å². The molecule has 2 aromatic rings. The zero-order valence-corrected chi connectivity index (χ0v) is 16.2. The van der Waals surface area contributed by atoms with Gasteiger partial charge in [-0.25, -0.2) is 0 Å². The van der Waals surface area contributed by atoms with Crippen molar-refractivity contribution in [3.63, 3.8) is 0 Å². The number of nitrogens with zero attached hydrogens (tertiary/aromatic N) is 2. The molecule has 0 saturated carbocycles. The predicted octanol–water partition coefficient (Wildman–Crippen LogP) is 4.55. The molecule has 0 unspecified atom stereocenters. The van der Waals surface area contributed by atoms with E-state index in [4.69, 9.17) is 11.6 Å². The van der Waals surface area contributed by atoms with Crippen molar-refractivity contribution in [2.75, 3.05) is 26.2 Å². The smallest absolute Gasteiger partial charge is 0.335 e. The van der Waals surface area contributed by atoms with Crippen molar-refractivity contribution in [3.8, 4) is 0 Å². The van der Waals surface area contributed by atoms with E-state index in [2.05, 4.69) is 0 Å². The molecule has 0 N–H and O–H groups in total. The van der Waals surface area contributed by atoms with Gasteiger partial charge in [-0.15, -0.1) is 0 Å². The molecule has 1 fully saturated rings. The highest BCUT2D eigenvalue weighted by Gasteiger charge is 2.33. The first-order chi connectivity index (χ1) is 13.2. The Morgan fingerprint density at radius 2 is 1.39 bits per heavy atom. The lowest BCUT2D eigenvalue weighted by molar-refractivity contribution is -0.0328. The third-order valence-electron chi connectivity index (χ3n) is 4.29. The van der Waals surface area contributed by atoms with Crippen LogP contribution in [-0.4, -0.2) is 53.3 Å². The summed E-state index contributed by atoms with van der Waals surface area (Å²) in [6, 6.07) is 12.2. The Balaban J connectivity index is 1.66. The fourth-order valence-electron chi connectivity index (χ4n) is 2.92. The Morgan fingerprint density at radius 1 is 0.857 bits per heavy atom. The van der Waals surface area contributed by atoms with Crippen LogP contribution in [0.5, 0.6) is 0 Å². The molecule has 3 rings (SSSR count). The first-order valence-corrected chi connectivity index (χ1v) is 9.63. The number of rotatable bonds is 3. The third-order valence-corrected chi connectivity index (χ3v) is 5.35. The predicted molar refractivity (Wildman–Crippen MR) is 102 cm³/mol. The van der Waals surface area contributed by atoms with Crippen molar-refractivity contribution in [1.82, 2.24) is 9.80 Å². The van der Waals surface area contributed by atoms with E-state index in [0.29, 0.717) is 23.7 Å². The van der Waals surface area contributed by atoms with Crippen LogP contribution >= 0.6 is 23.4 Å². The second kappa shape index (κ2) is 8.45. The quantitative estimate of drug-likeness (QED) is 0.673. The largest absolute Gasteiger partial charge is 0.446 e. The van der Waals surface area contributed by atoms with E-state index in [1.54, 1.807) is 29.2 Å². The lowest BCUT2D eigenvalue weighted by Crippen LogP contribution is -2.50. The van der Waals surface area contributed by atoms with Gasteiger partial charge in [0.2, 0.25) is 0 Å². The first-order valence-electron chi connectivity index (χ1n) is 8.43. The number of piperazine rings is 1. The normalized spacial score (nSPS) is 14.9. The highest BCUT2D eigenvalue weighted by Crippen LogP contribution is 2.38. The van der Waals surface area contributed by atoms with Gasteiger partial charge < -0.3 is 9.80 Å². The van der Waals surface area contributed by atoms with Gasteiger partial charge in [-0.2, -0.15) is 13.2 Å². The molecule has 1 heterocycles. The number of thioether (sulfide) groups is 1. The molecule has 0 atom stereocenters. The highest BCUT2D eigenvalue weighted by molar-refractivity contribution is 8.00. The standard InChI is InChI=1S/C19H16ClF3N2O2S/c20-14-7-5-13(6-8-14)17(26)24-9-11-25(12-10-24)18(27)15-3-1-2-4-16(15)28-19(21,22)23/h1-8H,9-12H2. The number of halogens is 4. The molecule has 2 amide bonds. The Labute approximate surface area is 169 Å². The Hall–Kier alpha value is -2.19. The summed E-state index contributed by atoms with van der Waals surface area (Å²) in [6.45, 7) is 1.12. The average Bonchev–Trinajstić information content (AvgIpc) is 2.67. The second-order valence-corrected chi connectivity index (χ2v) is 7.68. The summed E-state index contributed by atoms with van der Waals surface area (Å²) in [6.07, 6.45) is 0. The van der Waals surface area contributed by atoms with Gasteiger partial charge in [-0.1, -0.05) is 23.7 Å². The van der Waals surface area contributed by atoms with Gasteiger partial charge >= 0.3 is 5.51 Å². The van der Waals surface area contributed by atoms with Crippen LogP contribution < -0.4 is 0 Å². The van der Waals surface area contributed by atoms with Crippen molar-refractivity contribution in [2.24, 2.45) is 0 Å². The molecule has 0 bridgehead atoms. The Kier molecular flexibility index (Phi) is 6.20. The number of alkyl halides is 3. The minimum atomic E-state index is -4.47. The van der Waals surface area contributed by atoms with Crippen LogP contribution in [0.15, 0.2) is 53.4 Å². The van der Waals surface area contributed by atoms with Gasteiger partial charge in [0.1, 0.15) is 0 Å². The van der Waals surface area contributed by atoms with Crippen LogP contribution in [0.25, 0.3) is 0 Å². The number of carbonyl (C=O) groups is 2. The van der Waals surface area contributed by atoms with Gasteiger partial charge in [-0.3, -0.25) is 9.59 Å². The second-order valence-electron chi connectivity index (χ2n) is 6.14. The molecule has 9 heteroatoms. The number of amides is 2. The fourth-order valence-corrected chi connectivity index (χ4v) is 3.70. The Morgan fingerprint density at radius 3 is 1.96 bits per heavy atom. The van der Waals surface area contributed by atoms with Crippen LogP contribution in [0.1, 0.15) is 20.7 Å². The van der Waals surface area contributed by atoms with Gasteiger partial charge in [0, 0.05) is 41.7 Å². The molecule has 0 aliphatic carbocycles. The Bertz CT molecular complexity index is 866. The van der Waals surface area contributed by atoms with Crippen LogP contribution in [0.4, 0.5) is 13.2 Å². The number of hydrogen-bond acceptors (Lipinski definition) is 3. The molecule has 28 heavy (non-hydrogen) atoms. The minimum Gasteiger partial charge on any atom is -0.335 e. The maximum absolute atomic E-state index is 12.7. The molecule has 4 nitrogen and oxygen atoms in total. The number of carbonyl (C=O) groups excluding carboxylic acids is 2.